The highest BCUT2D eigenvalue weighted by Crippen LogP contribution is 2.74. The number of fused-ring (bicyclic) bond motifs is 25. The number of hydrogen-bond donors (Lipinski definition) is 6. The van der Waals surface area contributed by atoms with Crippen LogP contribution in [0.15, 0.2) is 67.5 Å². The van der Waals surface area contributed by atoms with Gasteiger partial charge in [0.05, 0.1) is 76.4 Å². The van der Waals surface area contributed by atoms with Gasteiger partial charge >= 0.3 is 0 Å². The molecule has 0 aliphatic heterocycles. The third-order valence-electron chi connectivity index (χ3n) is 46.8. The summed E-state index contributed by atoms with van der Waals surface area (Å²) < 4.78 is 3.45. The molecular weight excluding hydrogens is 1780 g/mol. The maximum atomic E-state index is 13.0. The van der Waals surface area contributed by atoms with Crippen LogP contribution in [0.25, 0.3) is 0 Å². The smallest absolute Gasteiger partial charge is 0.171 e. The van der Waals surface area contributed by atoms with Crippen LogP contribution in [-0.2, 0) is 45.4 Å². The molecule has 770 valence electrons. The number of nitrogens with one attached hydrogen (secondary N) is 1. The zero-order valence-corrected chi connectivity index (χ0v) is 88.5. The summed E-state index contributed by atoms with van der Waals surface area (Å²) in [4.78, 5) is 56.0. The predicted octanol–water partition coefficient (Wildman–Crippen LogP) is 21.4. The maximum absolute atomic E-state index is 13.0. The molecule has 0 saturated heterocycles. The average molecular weight is 1950 g/mol. The minimum Gasteiger partial charge on any atom is -0.390 e. The lowest BCUT2D eigenvalue weighted by atomic mass is 9.39. The summed E-state index contributed by atoms with van der Waals surface area (Å²) in [6, 6.07) is 12.5. The monoisotopic (exact) mass is 1950 g/mol. The van der Waals surface area contributed by atoms with Crippen molar-refractivity contribution in [3.63, 3.8) is 0 Å². The Kier molecular flexibility index (Phi) is 27.4. The number of hydrogen-bond acceptors (Lipinski definition) is 18. The largest absolute Gasteiger partial charge is 0.390 e. The standard InChI is InChI=1S/C26H37NOS.C24H33N3O2.C24H36N2O2.C22H34N4O2.C22H33N3O2/c1-25(28)14-12-19-17(16-25)8-9-21-20(19)13-15-26(2)22(21)10-11-23(26)24(29)27-18-6-4-3-5-7-18;1-23(29)7-5-17-16(10-23)3-4-19-18(17)6-8-24(2)20(19)9-21(24)22(28)14-27-13-15(11-25)12-26-27;1-15-12-25-26(13-15)14-22(27)21-10-20-19-5-4-16-11-23(2,28)8-6-17(16)18(19)7-9-24(20,21)3;1-13-23-25-26(24-13)12-20(27)19-10-18-17-5-4-14-11-21(2,28)8-6-15(14)16(17)7-9-22(18,19)3;1-21(27)7-5-15-14(12-21)3-4-17-16(15)6-8-22(2)18(17)11-19(22)20(26)13-25-23-9-10-24-25/h3-7,17,19-23,28H,8-16H2,1-2H3,(H,27,29);12-13,16-21,29H,3-10,14H2,1-2H3;12-13,16-21,28H,4-11,14H2,1-3H3;14-19,28H,4-12H2,1-3H3;9-10,14-19,27H,3-8,11-13H2,1-2H3/t17-,19+,20-,21-,22+,23-,25-,26+;2*16-,17+,18-,19-,20+,21-,23-,24+;2*14-,15+,16-,17-,18+,19-,21-,22+/m11111/s1. The Balaban J connectivity index is 0.000000104. The molecule has 0 unspecified atom stereocenters. The van der Waals surface area contributed by atoms with E-state index in [4.69, 9.17) is 17.5 Å². The van der Waals surface area contributed by atoms with Crippen LogP contribution < -0.4 is 5.32 Å². The van der Waals surface area contributed by atoms with Gasteiger partial charge in [0.25, 0.3) is 0 Å². The van der Waals surface area contributed by atoms with E-state index in [0.717, 1.165) is 237 Å². The molecule has 25 rings (SSSR count). The van der Waals surface area contributed by atoms with Crippen LogP contribution in [0.5, 0.6) is 0 Å². The first-order valence-electron chi connectivity index (χ1n) is 57.2. The van der Waals surface area contributed by atoms with Crippen LogP contribution >= 0.6 is 12.2 Å². The van der Waals surface area contributed by atoms with Crippen molar-refractivity contribution in [1.82, 2.24) is 54.8 Å². The molecule has 0 amide bonds. The van der Waals surface area contributed by atoms with Gasteiger partial charge in [0.2, 0.25) is 0 Å². The number of thiocarbonyl (C=S) groups is 1. The number of para-hydroxylation sites is 1. The van der Waals surface area contributed by atoms with Crippen LogP contribution in [0.3, 0.4) is 0 Å². The maximum Gasteiger partial charge on any atom is 0.171 e. The van der Waals surface area contributed by atoms with Gasteiger partial charge in [-0.3, -0.25) is 28.5 Å². The first kappa shape index (κ1) is 101. The molecule has 4 heterocycles. The van der Waals surface area contributed by atoms with E-state index >= 15 is 0 Å². The van der Waals surface area contributed by atoms with E-state index in [1.807, 2.05) is 51.7 Å². The molecule has 4 aromatic heterocycles. The predicted molar refractivity (Wildman–Crippen MR) is 547 cm³/mol. The normalized spacial score (nSPS) is 47.1. The third-order valence-corrected chi connectivity index (χ3v) is 47.2. The van der Waals surface area contributed by atoms with Gasteiger partial charge in [-0.2, -0.15) is 35.2 Å². The summed E-state index contributed by atoms with van der Waals surface area (Å²) in [5, 5.41) is 94.0. The van der Waals surface area contributed by atoms with Gasteiger partial charge in [-0.1, -0.05) is 65.0 Å². The number of aromatic nitrogens is 11. The van der Waals surface area contributed by atoms with Crippen molar-refractivity contribution in [2.24, 2.45) is 205 Å². The first-order chi connectivity index (χ1) is 67.1. The van der Waals surface area contributed by atoms with E-state index in [9.17, 15) is 44.7 Å². The Morgan fingerprint density at radius 3 is 1.01 bits per heavy atom. The van der Waals surface area contributed by atoms with Gasteiger partial charge in [-0.05, 0) is 510 Å². The molecule has 40 atom stereocenters. The van der Waals surface area contributed by atoms with E-state index in [1.54, 1.807) is 30.2 Å². The highest BCUT2D eigenvalue weighted by Gasteiger charge is 2.69. The van der Waals surface area contributed by atoms with E-state index in [2.05, 4.69) is 119 Å². The fourth-order valence-electron chi connectivity index (χ4n) is 39.8. The Bertz CT molecular complexity index is 5250. The number of tetrazole rings is 1. The summed E-state index contributed by atoms with van der Waals surface area (Å²) in [5.74, 6) is 22.9. The molecule has 20 fully saturated rings. The summed E-state index contributed by atoms with van der Waals surface area (Å²) in [6.07, 6.45) is 58.7. The second-order valence-corrected chi connectivity index (χ2v) is 55.2. The third kappa shape index (κ3) is 19.1. The number of anilines is 1. The zero-order chi connectivity index (χ0) is 98.8. The fourth-order valence-corrected chi connectivity index (χ4v) is 40.3. The molecule has 0 radical (unpaired) electrons. The summed E-state index contributed by atoms with van der Waals surface area (Å²) >= 11 is 5.96. The van der Waals surface area contributed by atoms with Crippen LogP contribution in [0, 0.1) is 230 Å². The Hall–Kier alpha value is -6.29. The zero-order valence-electron chi connectivity index (χ0n) is 87.6. The minimum atomic E-state index is -0.455. The molecule has 0 bridgehead atoms. The number of carbonyl (C=O) groups is 4. The van der Waals surface area contributed by atoms with E-state index < -0.39 is 28.0 Å². The van der Waals surface area contributed by atoms with Crippen molar-refractivity contribution in [3.8, 4) is 6.07 Å². The van der Waals surface area contributed by atoms with Gasteiger partial charge < -0.3 is 30.8 Å². The lowest BCUT2D eigenvalue weighted by molar-refractivity contribution is -0.177. The van der Waals surface area contributed by atoms with Gasteiger partial charge in [0.1, 0.15) is 19.2 Å². The Morgan fingerprint density at radius 2 is 0.688 bits per heavy atom. The number of ketones is 4. The number of benzene rings is 1. The Labute approximate surface area is 846 Å². The van der Waals surface area contributed by atoms with Crippen LogP contribution in [0.2, 0.25) is 0 Å². The van der Waals surface area contributed by atoms with Crippen molar-refractivity contribution in [2.75, 3.05) is 5.32 Å². The molecule has 23 heteroatoms. The number of rotatable bonds is 14. The fraction of sp³-hybridized carbons (Fsp3) is 0.822. The molecule has 141 heavy (non-hydrogen) atoms. The molecule has 20 aliphatic carbocycles. The van der Waals surface area contributed by atoms with Crippen molar-refractivity contribution < 1.29 is 44.7 Å². The molecule has 20 aliphatic rings. The van der Waals surface area contributed by atoms with E-state index in [-0.39, 0.29) is 63.4 Å². The van der Waals surface area contributed by atoms with Gasteiger partial charge in [-0.15, -0.1) is 10.2 Å². The summed E-state index contributed by atoms with van der Waals surface area (Å²) in [5.41, 5.74) is 1.67. The lowest BCUT2D eigenvalue weighted by Crippen LogP contribution is -2.60. The van der Waals surface area contributed by atoms with Gasteiger partial charge in [0.15, 0.2) is 29.0 Å². The number of aryl methyl sites for hydroxylation is 2. The second kappa shape index (κ2) is 38.4. The molecule has 5 aromatic rings. The highest BCUT2D eigenvalue weighted by molar-refractivity contribution is 7.80. The number of Topliss-reactive ketones (excluding diaryl/α,β-unsaturated/α-hetero) is 4. The van der Waals surface area contributed by atoms with E-state index in [1.165, 1.54) is 183 Å². The number of nitrogens with zero attached hydrogens (tertiary/aromatic N) is 12. The van der Waals surface area contributed by atoms with Crippen molar-refractivity contribution in [2.45, 2.75) is 401 Å². The minimum absolute atomic E-state index is 0.146. The van der Waals surface area contributed by atoms with Crippen molar-refractivity contribution in [3.05, 3.63) is 84.5 Å². The molecule has 6 N–H and O–H groups in total. The quantitative estimate of drug-likeness (QED) is 0.0563. The number of carbonyl (C=O) groups excluding carboxylic acids is 4. The van der Waals surface area contributed by atoms with Crippen molar-refractivity contribution in [1.29, 1.82) is 5.26 Å². The number of aliphatic hydroxyl groups is 5. The summed E-state index contributed by atoms with van der Waals surface area (Å²) in [7, 11) is 0. The Morgan fingerprint density at radius 1 is 0.369 bits per heavy atom. The lowest BCUT2D eigenvalue weighted by Gasteiger charge is -2.65. The second-order valence-electron chi connectivity index (χ2n) is 54.8. The molecule has 0 spiro atoms. The SMILES string of the molecule is C[C@@]1(O)CC[C@H]2[C@H](CC[C@@H]3[C@@H]2CC[C@]2(C)[C@@H](C(=O)Cn4cc(C#N)cn4)C[C@@H]32)C1.C[C@@]1(O)CC[C@H]2[C@H](CC[C@@H]3[C@@H]2CC[C@]2(C)[C@@H](C(=O)Cn4nccn4)C[C@@H]32)C1.C[C@@]1(O)CC[C@H]2[C@H](CC[C@@H]3[C@@H]2CC[C@]2(C)[C@@H](C(=S)Nc4ccccc4)CC[C@@H]32)C1.Cc1cnn(CC(=O)[C@H]2C[C@H]3[C@@H]4CC[C@@H]5C[C@](C)(O)CC[C@@H]5[C@H]4CC[C@]23C)c1.Cc1nnn(CC(=O)[C@H]2C[C@H]3[C@@H]4CC[C@@H]5C[C@](C)(O)CC[C@@H]5[C@H]4CC[C@]23C)n1. The first-order valence-corrected chi connectivity index (χ1v) is 57.6. The van der Waals surface area contributed by atoms with Gasteiger partial charge in [-0.25, -0.2) is 0 Å². The molecule has 22 nitrogen and oxygen atoms in total. The number of nitriles is 1. The van der Waals surface area contributed by atoms with Crippen molar-refractivity contribution >= 4 is 46.0 Å². The van der Waals surface area contributed by atoms with Crippen LogP contribution in [0.1, 0.15) is 349 Å². The average Bonchev–Trinajstić information content (AvgIpc) is 1.69. The molecule has 20 saturated carbocycles. The van der Waals surface area contributed by atoms with E-state index in [0.29, 0.717) is 77.6 Å². The van der Waals surface area contributed by atoms with Gasteiger partial charge in [0, 0.05) is 47.7 Å². The van der Waals surface area contributed by atoms with Crippen LogP contribution in [-0.4, -0.2) is 136 Å². The van der Waals surface area contributed by atoms with Crippen LogP contribution in [0.4, 0.5) is 5.69 Å². The summed E-state index contributed by atoms with van der Waals surface area (Å²) in [6.45, 7) is 27.4. The topological polar surface area (TPSA) is 315 Å². The highest BCUT2D eigenvalue weighted by atomic mass is 32.1. The molecular formula is C118H173N13O9S. The molecule has 1 aromatic carbocycles.